The van der Waals surface area contributed by atoms with Crippen LogP contribution in [0.2, 0.25) is 0 Å². The van der Waals surface area contributed by atoms with Crippen LogP contribution in [0.3, 0.4) is 0 Å². The van der Waals surface area contributed by atoms with Gasteiger partial charge in [-0.05, 0) is 13.8 Å². The lowest BCUT2D eigenvalue weighted by Gasteiger charge is -2.25. The van der Waals surface area contributed by atoms with E-state index in [0.29, 0.717) is 6.92 Å². The first-order valence-electron chi connectivity index (χ1n) is 10.7. The zero-order valence-electron chi connectivity index (χ0n) is 19.9. The molecule has 35 heavy (non-hydrogen) atoms. The second kappa shape index (κ2) is 10.6. The van der Waals surface area contributed by atoms with Gasteiger partial charge in [0.25, 0.3) is 5.92 Å². The number of rotatable bonds is 8. The topological polar surface area (TPSA) is 109 Å². The van der Waals surface area contributed by atoms with Gasteiger partial charge in [-0.15, -0.1) is 0 Å². The van der Waals surface area contributed by atoms with Crippen molar-refractivity contribution in [3.63, 3.8) is 0 Å². The molecule has 2 aromatic rings. The Bertz CT molecular complexity index is 1090. The second-order valence-corrected chi connectivity index (χ2v) is 7.93. The summed E-state index contributed by atoms with van der Waals surface area (Å²) in [6.07, 6.45) is -1.06. The van der Waals surface area contributed by atoms with Gasteiger partial charge in [0.05, 0.1) is 50.3 Å². The molecule has 1 aliphatic rings. The van der Waals surface area contributed by atoms with Crippen molar-refractivity contribution in [1.82, 2.24) is 9.97 Å². The molecule has 0 saturated carbocycles. The maximum atomic E-state index is 15.0. The fourth-order valence-corrected chi connectivity index (χ4v) is 3.75. The van der Waals surface area contributed by atoms with Crippen LogP contribution in [-0.4, -0.2) is 49.3 Å². The smallest absolute Gasteiger partial charge is 0.326 e. The number of nitrogens with one attached hydrogen (secondary N) is 1. The molecule has 1 aromatic heterocycles. The molecule has 3 rings (SSSR count). The lowest BCUT2D eigenvalue weighted by Crippen LogP contribution is -2.29. The van der Waals surface area contributed by atoms with Crippen LogP contribution in [0.5, 0.6) is 0 Å². The van der Waals surface area contributed by atoms with Crippen molar-refractivity contribution in [1.29, 1.82) is 0 Å². The highest BCUT2D eigenvalue weighted by molar-refractivity contribution is 6.00. The number of alkyl halides is 2. The third-order valence-corrected chi connectivity index (χ3v) is 5.41. The third-order valence-electron chi connectivity index (χ3n) is 5.41. The molecule has 1 saturated heterocycles. The van der Waals surface area contributed by atoms with Gasteiger partial charge in [0, 0.05) is 12.5 Å². The van der Waals surface area contributed by atoms with Crippen molar-refractivity contribution in [3.8, 4) is 0 Å². The van der Waals surface area contributed by atoms with Crippen molar-refractivity contribution in [2.45, 2.75) is 44.9 Å². The number of carbonyl (C=O) groups excluding carboxylic acids is 2. The lowest BCUT2D eigenvalue weighted by molar-refractivity contribution is -0.154. The van der Waals surface area contributed by atoms with Crippen LogP contribution in [0.4, 0.5) is 19.0 Å². The first kappa shape index (κ1) is 26.4. The maximum Gasteiger partial charge on any atom is 0.326 e. The number of anilines is 1. The van der Waals surface area contributed by atoms with Crippen molar-refractivity contribution in [2.75, 3.05) is 32.8 Å². The standard InChI is InChI=1S/C23H26F3N3O6/c1-11(13-7-6-8-14(17(13)24)23(3,25)26)27-19-15(22-34-9-10-35-22)18(28-12(2)29-19)16(20(30)32-4)21(31)33-5/h6-8,11,16,22H,9-10H2,1-5H3,(H,27,28,29)/t11-/m1/s1. The van der Waals surface area contributed by atoms with Gasteiger partial charge in [-0.3, -0.25) is 9.59 Å². The van der Waals surface area contributed by atoms with Gasteiger partial charge in [-0.2, -0.15) is 0 Å². The Hall–Kier alpha value is -3.25. The largest absolute Gasteiger partial charge is 0.468 e. The molecule has 2 heterocycles. The van der Waals surface area contributed by atoms with E-state index in [4.69, 9.17) is 18.9 Å². The Balaban J connectivity index is 2.14. The van der Waals surface area contributed by atoms with E-state index in [-0.39, 0.29) is 41.7 Å². The molecule has 1 N–H and O–H groups in total. The molecule has 1 aliphatic heterocycles. The van der Waals surface area contributed by atoms with Gasteiger partial charge in [0.1, 0.15) is 17.5 Å². The average molecular weight is 497 g/mol. The number of halogens is 3. The number of hydrogen-bond donors (Lipinski definition) is 1. The molecule has 1 aromatic carbocycles. The molecule has 0 aliphatic carbocycles. The number of carbonyl (C=O) groups is 2. The average Bonchev–Trinajstić information content (AvgIpc) is 3.32. The van der Waals surface area contributed by atoms with E-state index < -0.39 is 47.5 Å². The van der Waals surface area contributed by atoms with Crippen molar-refractivity contribution in [2.24, 2.45) is 0 Å². The van der Waals surface area contributed by atoms with Crippen LogP contribution in [-0.2, 0) is 34.5 Å². The minimum absolute atomic E-state index is 0.0430. The summed E-state index contributed by atoms with van der Waals surface area (Å²) in [6, 6.07) is 2.84. The molecular weight excluding hydrogens is 471 g/mol. The molecule has 1 fully saturated rings. The Morgan fingerprint density at radius 1 is 1.14 bits per heavy atom. The minimum Gasteiger partial charge on any atom is -0.468 e. The quantitative estimate of drug-likeness (QED) is 0.431. The number of hydrogen-bond acceptors (Lipinski definition) is 9. The molecule has 0 amide bonds. The number of ether oxygens (including phenoxy) is 4. The van der Waals surface area contributed by atoms with E-state index in [1.54, 1.807) is 6.92 Å². The second-order valence-electron chi connectivity index (χ2n) is 7.93. The number of aryl methyl sites for hydroxylation is 1. The van der Waals surface area contributed by atoms with Gasteiger partial charge in [0.2, 0.25) is 0 Å². The number of aromatic nitrogens is 2. The van der Waals surface area contributed by atoms with E-state index >= 15 is 0 Å². The van der Waals surface area contributed by atoms with E-state index in [2.05, 4.69) is 15.3 Å². The zero-order valence-corrected chi connectivity index (χ0v) is 19.9. The number of nitrogens with zero attached hydrogens (tertiary/aromatic N) is 2. The summed E-state index contributed by atoms with van der Waals surface area (Å²) in [7, 11) is 2.21. The maximum absolute atomic E-state index is 15.0. The molecule has 0 bridgehead atoms. The normalized spacial score (nSPS) is 15.2. The predicted molar refractivity (Wildman–Crippen MR) is 116 cm³/mol. The fraction of sp³-hybridized carbons (Fsp3) is 0.478. The minimum atomic E-state index is -3.39. The summed E-state index contributed by atoms with van der Waals surface area (Å²) in [5.41, 5.74) is -0.758. The van der Waals surface area contributed by atoms with Gasteiger partial charge in [-0.1, -0.05) is 18.2 Å². The molecule has 0 radical (unpaired) electrons. The van der Waals surface area contributed by atoms with Crippen molar-refractivity contribution >= 4 is 17.8 Å². The molecule has 1 atom stereocenters. The Labute approximate surface area is 199 Å². The Kier molecular flexibility index (Phi) is 7.96. The predicted octanol–water partition coefficient (Wildman–Crippen LogP) is 3.68. The highest BCUT2D eigenvalue weighted by Crippen LogP contribution is 2.38. The first-order chi connectivity index (χ1) is 16.5. The summed E-state index contributed by atoms with van der Waals surface area (Å²) >= 11 is 0. The third kappa shape index (κ3) is 5.54. The van der Waals surface area contributed by atoms with Gasteiger partial charge in [0.15, 0.2) is 12.2 Å². The van der Waals surface area contributed by atoms with E-state index in [1.165, 1.54) is 19.1 Å². The number of methoxy groups -OCH3 is 2. The van der Waals surface area contributed by atoms with Crippen molar-refractivity contribution < 1.29 is 41.7 Å². The number of benzene rings is 1. The molecular formula is C23H26F3N3O6. The van der Waals surface area contributed by atoms with Crippen LogP contribution in [0.1, 0.15) is 60.3 Å². The number of esters is 2. The van der Waals surface area contributed by atoms with Crippen LogP contribution in [0, 0.1) is 12.7 Å². The summed E-state index contributed by atoms with van der Waals surface area (Å²) in [4.78, 5) is 33.6. The highest BCUT2D eigenvalue weighted by Gasteiger charge is 2.39. The molecule has 0 unspecified atom stereocenters. The monoisotopic (exact) mass is 497 g/mol. The summed E-state index contributed by atoms with van der Waals surface area (Å²) < 4.78 is 63.5. The van der Waals surface area contributed by atoms with E-state index in [0.717, 1.165) is 20.3 Å². The molecule has 12 heteroatoms. The molecule has 9 nitrogen and oxygen atoms in total. The van der Waals surface area contributed by atoms with Crippen LogP contribution in [0.15, 0.2) is 18.2 Å². The Morgan fingerprint density at radius 2 is 1.74 bits per heavy atom. The van der Waals surface area contributed by atoms with Crippen molar-refractivity contribution in [3.05, 3.63) is 52.2 Å². The lowest BCUT2D eigenvalue weighted by atomic mass is 9.98. The zero-order chi connectivity index (χ0) is 25.9. The van der Waals surface area contributed by atoms with Gasteiger partial charge >= 0.3 is 11.9 Å². The summed E-state index contributed by atoms with van der Waals surface area (Å²) in [5, 5.41) is 2.97. The summed E-state index contributed by atoms with van der Waals surface area (Å²) in [6.45, 7) is 4.11. The first-order valence-corrected chi connectivity index (χ1v) is 10.7. The van der Waals surface area contributed by atoms with Crippen LogP contribution < -0.4 is 5.32 Å². The molecule has 0 spiro atoms. The van der Waals surface area contributed by atoms with Crippen LogP contribution >= 0.6 is 0 Å². The molecule has 190 valence electrons. The highest BCUT2D eigenvalue weighted by atomic mass is 19.3. The van der Waals surface area contributed by atoms with E-state index in [1.807, 2.05) is 0 Å². The van der Waals surface area contributed by atoms with Gasteiger partial charge in [-0.25, -0.2) is 23.1 Å². The van der Waals surface area contributed by atoms with E-state index in [9.17, 15) is 22.8 Å². The summed E-state index contributed by atoms with van der Waals surface area (Å²) in [5.74, 6) is -7.67. The van der Waals surface area contributed by atoms with Gasteiger partial charge < -0.3 is 24.3 Å². The fourth-order valence-electron chi connectivity index (χ4n) is 3.75. The van der Waals surface area contributed by atoms with Crippen LogP contribution in [0.25, 0.3) is 0 Å². The Morgan fingerprint density at radius 3 is 2.29 bits per heavy atom. The SMILES string of the molecule is COC(=O)C(C(=O)OC)c1nc(C)nc(N[C@H](C)c2cccc(C(C)(F)F)c2F)c1C1OCCO1.